The first-order chi connectivity index (χ1) is 12.0. The standard InChI is InChI=1S/C17H13ClFN3O2S/c18-13-7-11(3-6-14(13)19)21-16(23)8-24-12-4-1-10(2-5-12)15-9-25-17(20)22-15/h1-7,9H,8H2,(H2,20,22)(H,21,23). The number of carbonyl (C=O) groups is 1. The van der Waals surface area contributed by atoms with Gasteiger partial charge in [-0.3, -0.25) is 4.79 Å². The summed E-state index contributed by atoms with van der Waals surface area (Å²) in [6.45, 7) is -0.183. The Bertz CT molecular complexity index is 899. The van der Waals surface area contributed by atoms with E-state index in [9.17, 15) is 9.18 Å². The molecule has 0 radical (unpaired) electrons. The largest absolute Gasteiger partial charge is 0.484 e. The van der Waals surface area contributed by atoms with Gasteiger partial charge < -0.3 is 15.8 Å². The van der Waals surface area contributed by atoms with Gasteiger partial charge in [-0.2, -0.15) is 0 Å². The van der Waals surface area contributed by atoms with Crippen LogP contribution >= 0.6 is 22.9 Å². The maximum absolute atomic E-state index is 13.1. The van der Waals surface area contributed by atoms with Crippen LogP contribution in [0, 0.1) is 5.82 Å². The monoisotopic (exact) mass is 377 g/mol. The summed E-state index contributed by atoms with van der Waals surface area (Å²) < 4.78 is 18.5. The van der Waals surface area contributed by atoms with Gasteiger partial charge in [-0.25, -0.2) is 9.37 Å². The molecular formula is C17H13ClFN3O2S. The molecule has 128 valence electrons. The van der Waals surface area contributed by atoms with Crippen LogP contribution in [0.4, 0.5) is 15.2 Å². The highest BCUT2D eigenvalue weighted by Gasteiger charge is 2.07. The van der Waals surface area contributed by atoms with Crippen LogP contribution in [0.2, 0.25) is 5.02 Å². The zero-order valence-electron chi connectivity index (χ0n) is 12.8. The third-order valence-corrected chi connectivity index (χ3v) is 4.21. The number of nitrogens with one attached hydrogen (secondary N) is 1. The second-order valence-electron chi connectivity index (χ2n) is 5.06. The van der Waals surface area contributed by atoms with Gasteiger partial charge in [-0.1, -0.05) is 11.6 Å². The van der Waals surface area contributed by atoms with Gasteiger partial charge in [0.25, 0.3) is 5.91 Å². The predicted octanol–water partition coefficient (Wildman–Crippen LogP) is 4.20. The zero-order chi connectivity index (χ0) is 17.8. The number of carbonyl (C=O) groups excluding carboxylic acids is 1. The van der Waals surface area contributed by atoms with Crippen LogP contribution in [0.5, 0.6) is 5.75 Å². The summed E-state index contributed by atoms with van der Waals surface area (Å²) in [5.74, 6) is -0.379. The molecule has 0 aliphatic rings. The molecule has 0 saturated carbocycles. The summed E-state index contributed by atoms with van der Waals surface area (Å²) in [6, 6.07) is 11.1. The van der Waals surface area contributed by atoms with Crippen molar-refractivity contribution in [2.45, 2.75) is 0 Å². The lowest BCUT2D eigenvalue weighted by Crippen LogP contribution is -2.20. The first-order valence-corrected chi connectivity index (χ1v) is 8.46. The summed E-state index contributed by atoms with van der Waals surface area (Å²) in [6.07, 6.45) is 0. The van der Waals surface area contributed by atoms with Gasteiger partial charge in [0.15, 0.2) is 11.7 Å². The van der Waals surface area contributed by atoms with E-state index in [1.54, 1.807) is 12.1 Å². The molecule has 5 nitrogen and oxygen atoms in total. The Balaban J connectivity index is 1.55. The van der Waals surface area contributed by atoms with E-state index < -0.39 is 5.82 Å². The van der Waals surface area contributed by atoms with E-state index >= 15 is 0 Å². The first kappa shape index (κ1) is 17.2. The van der Waals surface area contributed by atoms with Crippen LogP contribution in [0.3, 0.4) is 0 Å². The Morgan fingerprint density at radius 2 is 2.04 bits per heavy atom. The van der Waals surface area contributed by atoms with Crippen molar-refractivity contribution >= 4 is 39.7 Å². The molecule has 1 amide bonds. The normalized spacial score (nSPS) is 10.5. The molecule has 0 unspecified atom stereocenters. The smallest absolute Gasteiger partial charge is 0.262 e. The topological polar surface area (TPSA) is 77.2 Å². The molecule has 0 spiro atoms. The average Bonchev–Trinajstić information content (AvgIpc) is 3.03. The Morgan fingerprint density at radius 3 is 2.68 bits per heavy atom. The van der Waals surface area contributed by atoms with Crippen LogP contribution in [-0.4, -0.2) is 17.5 Å². The Hall–Kier alpha value is -2.64. The molecule has 3 rings (SSSR count). The van der Waals surface area contributed by atoms with Gasteiger partial charge in [0.05, 0.1) is 10.7 Å². The van der Waals surface area contributed by atoms with Crippen LogP contribution in [0.15, 0.2) is 47.8 Å². The number of nitrogens with zero attached hydrogens (tertiary/aromatic N) is 1. The SMILES string of the molecule is Nc1nc(-c2ccc(OCC(=O)Nc3ccc(F)c(Cl)c3)cc2)cs1. The van der Waals surface area contributed by atoms with Crippen molar-refractivity contribution < 1.29 is 13.9 Å². The van der Waals surface area contributed by atoms with Crippen molar-refractivity contribution in [3.63, 3.8) is 0 Å². The van der Waals surface area contributed by atoms with Crippen LogP contribution in [0.25, 0.3) is 11.3 Å². The van der Waals surface area contributed by atoms with Crippen molar-refractivity contribution in [2.24, 2.45) is 0 Å². The number of halogens is 2. The first-order valence-electron chi connectivity index (χ1n) is 7.20. The molecule has 0 aliphatic carbocycles. The highest BCUT2D eigenvalue weighted by atomic mass is 35.5. The number of anilines is 2. The van der Waals surface area contributed by atoms with E-state index in [-0.39, 0.29) is 17.5 Å². The van der Waals surface area contributed by atoms with E-state index in [1.165, 1.54) is 29.5 Å². The molecule has 3 N–H and O–H groups in total. The number of aromatic nitrogens is 1. The number of rotatable bonds is 5. The quantitative estimate of drug-likeness (QED) is 0.698. The summed E-state index contributed by atoms with van der Waals surface area (Å²) >= 11 is 7.04. The molecule has 0 bridgehead atoms. The molecule has 0 aliphatic heterocycles. The third-order valence-electron chi connectivity index (χ3n) is 3.25. The maximum Gasteiger partial charge on any atom is 0.262 e. The van der Waals surface area contributed by atoms with Crippen LogP contribution in [-0.2, 0) is 4.79 Å². The molecule has 2 aromatic carbocycles. The second-order valence-corrected chi connectivity index (χ2v) is 6.36. The molecule has 8 heteroatoms. The Kier molecular flexibility index (Phi) is 5.16. The van der Waals surface area contributed by atoms with Crippen molar-refractivity contribution in [3.05, 3.63) is 58.7 Å². The van der Waals surface area contributed by atoms with Gasteiger partial charge in [0.1, 0.15) is 11.6 Å². The molecule has 3 aromatic rings. The fourth-order valence-electron chi connectivity index (χ4n) is 2.06. The number of hydrogen-bond donors (Lipinski definition) is 2. The third kappa shape index (κ3) is 4.46. The average molecular weight is 378 g/mol. The van der Waals surface area contributed by atoms with Crippen LogP contribution < -0.4 is 15.8 Å². The number of nitrogen functional groups attached to an aromatic ring is 1. The lowest BCUT2D eigenvalue weighted by atomic mass is 10.2. The molecule has 1 heterocycles. The number of amides is 1. The van der Waals surface area contributed by atoms with Gasteiger partial charge in [0, 0.05) is 16.6 Å². The molecule has 1 aromatic heterocycles. The number of ether oxygens (including phenoxy) is 1. The summed E-state index contributed by atoms with van der Waals surface area (Å²) in [5.41, 5.74) is 7.72. The molecule has 0 fully saturated rings. The van der Waals surface area contributed by atoms with E-state index in [0.29, 0.717) is 16.6 Å². The van der Waals surface area contributed by atoms with E-state index in [2.05, 4.69) is 10.3 Å². The van der Waals surface area contributed by atoms with Crippen LogP contribution in [0.1, 0.15) is 0 Å². The maximum atomic E-state index is 13.1. The molecule has 25 heavy (non-hydrogen) atoms. The van der Waals surface area contributed by atoms with Crippen molar-refractivity contribution in [1.29, 1.82) is 0 Å². The van der Waals surface area contributed by atoms with Crippen molar-refractivity contribution in [3.8, 4) is 17.0 Å². The molecular weight excluding hydrogens is 365 g/mol. The molecule has 0 atom stereocenters. The number of benzene rings is 2. The fourth-order valence-corrected chi connectivity index (χ4v) is 2.81. The van der Waals surface area contributed by atoms with Crippen molar-refractivity contribution in [1.82, 2.24) is 4.98 Å². The van der Waals surface area contributed by atoms with Gasteiger partial charge in [-0.05, 0) is 42.5 Å². The van der Waals surface area contributed by atoms with Crippen molar-refractivity contribution in [2.75, 3.05) is 17.7 Å². The number of thiazole rings is 1. The van der Waals surface area contributed by atoms with Gasteiger partial charge >= 0.3 is 0 Å². The minimum absolute atomic E-state index is 0.0583. The van der Waals surface area contributed by atoms with E-state index in [1.807, 2.05) is 17.5 Å². The second kappa shape index (κ2) is 7.50. The highest BCUT2D eigenvalue weighted by molar-refractivity contribution is 7.13. The highest BCUT2D eigenvalue weighted by Crippen LogP contribution is 2.25. The Labute approximate surface area is 152 Å². The fraction of sp³-hybridized carbons (Fsp3) is 0.0588. The summed E-state index contributed by atoms with van der Waals surface area (Å²) in [4.78, 5) is 16.1. The number of nitrogens with two attached hydrogens (primary N) is 1. The zero-order valence-corrected chi connectivity index (χ0v) is 14.4. The lowest BCUT2D eigenvalue weighted by molar-refractivity contribution is -0.118. The van der Waals surface area contributed by atoms with Gasteiger partial charge in [0.2, 0.25) is 0 Å². The number of hydrogen-bond acceptors (Lipinski definition) is 5. The summed E-state index contributed by atoms with van der Waals surface area (Å²) in [7, 11) is 0. The Morgan fingerprint density at radius 1 is 1.28 bits per heavy atom. The minimum atomic E-state index is -0.544. The van der Waals surface area contributed by atoms with E-state index in [4.69, 9.17) is 22.1 Å². The minimum Gasteiger partial charge on any atom is -0.484 e. The van der Waals surface area contributed by atoms with E-state index in [0.717, 1.165) is 11.3 Å². The van der Waals surface area contributed by atoms with Gasteiger partial charge in [-0.15, -0.1) is 11.3 Å². The molecule has 0 saturated heterocycles. The predicted molar refractivity (Wildman–Crippen MR) is 97.5 cm³/mol. The lowest BCUT2D eigenvalue weighted by Gasteiger charge is -2.08. The summed E-state index contributed by atoms with van der Waals surface area (Å²) in [5, 5.41) is 4.90.